The van der Waals surface area contributed by atoms with Gasteiger partial charge in [0.2, 0.25) is 0 Å². The maximum atomic E-state index is 14.2. The molecule has 1 fully saturated rings. The standard InChI is InChI=1S/C23H29FN4O3.C5H10O2/c1-27(2)13-18-15-30-23(31-16-18)8-9-28(20-6-5-19(11-25)26-12-20)14-17-4-7-22(29-3)21(24)10-17;1-5(2,3)7-4-6/h4-7,10,12,18,23H,8-9,13-16H2,1-3H3;4H,1-3H3. The van der Waals surface area contributed by atoms with Gasteiger partial charge in [-0.2, -0.15) is 5.26 Å². The summed E-state index contributed by atoms with van der Waals surface area (Å²) in [5.41, 5.74) is 1.68. The Balaban J connectivity index is 0.000000638. The van der Waals surface area contributed by atoms with Crippen molar-refractivity contribution in [1.82, 2.24) is 9.88 Å². The first kappa shape index (κ1) is 31.0. The highest BCUT2D eigenvalue weighted by Gasteiger charge is 2.23. The number of benzene rings is 1. The van der Waals surface area contributed by atoms with E-state index in [0.29, 0.717) is 50.8 Å². The van der Waals surface area contributed by atoms with Crippen LogP contribution in [0.4, 0.5) is 10.1 Å². The number of carbonyl (C=O) groups excluding carboxylic acids is 1. The third-order valence-corrected chi connectivity index (χ3v) is 5.51. The van der Waals surface area contributed by atoms with E-state index in [1.165, 1.54) is 13.2 Å². The molecule has 0 saturated carbocycles. The van der Waals surface area contributed by atoms with Crippen LogP contribution >= 0.6 is 0 Å². The summed E-state index contributed by atoms with van der Waals surface area (Å²) in [4.78, 5) is 18.0. The molecule has 1 aliphatic rings. The zero-order valence-electron chi connectivity index (χ0n) is 23.1. The molecule has 2 aromatic rings. The largest absolute Gasteiger partial charge is 0.494 e. The summed E-state index contributed by atoms with van der Waals surface area (Å²) < 4.78 is 35.5. The zero-order chi connectivity index (χ0) is 28.1. The van der Waals surface area contributed by atoms with Crippen molar-refractivity contribution < 1.29 is 28.1 Å². The topological polar surface area (TPSA) is 97.1 Å². The lowest BCUT2D eigenvalue weighted by molar-refractivity contribution is -0.203. The number of nitriles is 1. The first-order valence-electron chi connectivity index (χ1n) is 12.5. The number of hydrogen-bond acceptors (Lipinski definition) is 9. The number of hydrogen-bond donors (Lipinski definition) is 0. The highest BCUT2D eigenvalue weighted by Crippen LogP contribution is 2.23. The highest BCUT2D eigenvalue weighted by molar-refractivity contribution is 5.47. The average molecular weight is 531 g/mol. The lowest BCUT2D eigenvalue weighted by Crippen LogP contribution is -2.39. The van der Waals surface area contributed by atoms with E-state index in [-0.39, 0.29) is 17.6 Å². The summed E-state index contributed by atoms with van der Waals surface area (Å²) in [6, 6.07) is 10.5. The van der Waals surface area contributed by atoms with E-state index in [1.807, 2.05) is 53.1 Å². The second-order valence-electron chi connectivity index (χ2n) is 10.2. The number of pyridine rings is 1. The van der Waals surface area contributed by atoms with Gasteiger partial charge in [-0.05, 0) is 64.7 Å². The summed E-state index contributed by atoms with van der Waals surface area (Å²) in [7, 11) is 5.52. The number of nitrogens with zero attached hydrogens (tertiary/aromatic N) is 4. The first-order valence-corrected chi connectivity index (χ1v) is 12.5. The maximum absolute atomic E-state index is 14.2. The molecule has 3 rings (SSSR count). The average Bonchev–Trinajstić information content (AvgIpc) is 2.87. The molecule has 208 valence electrons. The molecular formula is C28H39FN4O5. The molecule has 10 heteroatoms. The van der Waals surface area contributed by atoms with E-state index in [1.54, 1.807) is 18.3 Å². The van der Waals surface area contributed by atoms with Crippen molar-refractivity contribution in [2.45, 2.75) is 45.6 Å². The number of ether oxygens (including phenoxy) is 4. The Morgan fingerprint density at radius 2 is 1.92 bits per heavy atom. The number of carbonyl (C=O) groups is 1. The molecule has 1 aliphatic heterocycles. The van der Waals surface area contributed by atoms with Gasteiger partial charge in [0.1, 0.15) is 17.4 Å². The summed E-state index contributed by atoms with van der Waals surface area (Å²) >= 11 is 0. The van der Waals surface area contributed by atoms with Crippen molar-refractivity contribution in [3.8, 4) is 11.8 Å². The molecule has 0 aliphatic carbocycles. The number of halogens is 1. The van der Waals surface area contributed by atoms with Crippen molar-refractivity contribution in [2.75, 3.05) is 52.4 Å². The fourth-order valence-electron chi connectivity index (χ4n) is 3.74. The van der Waals surface area contributed by atoms with Gasteiger partial charge in [-0.25, -0.2) is 9.37 Å². The van der Waals surface area contributed by atoms with Crippen LogP contribution in [-0.2, 0) is 25.5 Å². The SMILES string of the molecule is CC(C)(C)OC=O.COc1ccc(CN(CCC2OCC(CN(C)C)CO2)c2ccc(C#N)nc2)cc1F. The lowest BCUT2D eigenvalue weighted by atomic mass is 10.1. The van der Waals surface area contributed by atoms with Crippen LogP contribution in [0.1, 0.15) is 38.4 Å². The minimum absolute atomic E-state index is 0.214. The first-order chi connectivity index (χ1) is 18.0. The smallest absolute Gasteiger partial charge is 0.293 e. The van der Waals surface area contributed by atoms with Crippen LogP contribution < -0.4 is 9.64 Å². The summed E-state index contributed by atoms with van der Waals surface area (Å²) in [6.07, 6.45) is 2.04. The number of methoxy groups -OCH3 is 1. The molecule has 0 atom stereocenters. The van der Waals surface area contributed by atoms with E-state index < -0.39 is 5.82 Å². The van der Waals surface area contributed by atoms with Gasteiger partial charge in [0.05, 0.1) is 32.2 Å². The molecule has 0 radical (unpaired) electrons. The van der Waals surface area contributed by atoms with E-state index >= 15 is 0 Å². The van der Waals surface area contributed by atoms with E-state index in [0.717, 1.165) is 17.8 Å². The van der Waals surface area contributed by atoms with Gasteiger partial charge in [0.15, 0.2) is 17.9 Å². The van der Waals surface area contributed by atoms with Gasteiger partial charge in [-0.1, -0.05) is 6.07 Å². The van der Waals surface area contributed by atoms with Gasteiger partial charge < -0.3 is 28.7 Å². The van der Waals surface area contributed by atoms with Crippen LogP contribution in [0.5, 0.6) is 5.75 Å². The molecule has 1 aromatic carbocycles. The Bertz CT molecular complexity index is 1030. The molecular weight excluding hydrogens is 491 g/mol. The number of anilines is 1. The fraction of sp³-hybridized carbons (Fsp3) is 0.536. The monoisotopic (exact) mass is 530 g/mol. The predicted octanol–water partition coefficient (Wildman–Crippen LogP) is 4.01. The number of rotatable bonds is 10. The Hall–Kier alpha value is -3.26. The molecule has 9 nitrogen and oxygen atoms in total. The quantitative estimate of drug-likeness (QED) is 0.422. The Kier molecular flexibility index (Phi) is 12.4. The third kappa shape index (κ3) is 11.0. The van der Waals surface area contributed by atoms with Crippen LogP contribution in [-0.4, -0.2) is 75.8 Å². The zero-order valence-corrected chi connectivity index (χ0v) is 23.1. The van der Waals surface area contributed by atoms with Gasteiger partial charge in [-0.15, -0.1) is 0 Å². The minimum Gasteiger partial charge on any atom is -0.494 e. The molecule has 0 amide bonds. The molecule has 1 saturated heterocycles. The van der Waals surface area contributed by atoms with Crippen molar-refractivity contribution in [2.24, 2.45) is 5.92 Å². The van der Waals surface area contributed by atoms with Crippen molar-refractivity contribution in [1.29, 1.82) is 5.26 Å². The number of aromatic nitrogens is 1. The molecule has 38 heavy (non-hydrogen) atoms. The molecule has 1 aromatic heterocycles. The van der Waals surface area contributed by atoms with Crippen molar-refractivity contribution in [3.63, 3.8) is 0 Å². The van der Waals surface area contributed by atoms with E-state index in [4.69, 9.17) is 19.5 Å². The molecule has 0 bridgehead atoms. The van der Waals surface area contributed by atoms with E-state index in [9.17, 15) is 9.18 Å². The third-order valence-electron chi connectivity index (χ3n) is 5.51. The van der Waals surface area contributed by atoms with Crippen LogP contribution in [0.15, 0.2) is 36.5 Å². The van der Waals surface area contributed by atoms with E-state index in [2.05, 4.69) is 19.5 Å². The Morgan fingerprint density at radius 1 is 1.21 bits per heavy atom. The molecule has 0 N–H and O–H groups in total. The summed E-state index contributed by atoms with van der Waals surface area (Å²) in [5.74, 6) is 0.183. The predicted molar refractivity (Wildman–Crippen MR) is 142 cm³/mol. The lowest BCUT2D eigenvalue weighted by Gasteiger charge is -2.32. The normalized spacial score (nSPS) is 17.1. The minimum atomic E-state index is -0.399. The highest BCUT2D eigenvalue weighted by atomic mass is 19.1. The molecule has 0 spiro atoms. The van der Waals surface area contributed by atoms with Crippen LogP contribution in [0.25, 0.3) is 0 Å². The van der Waals surface area contributed by atoms with Crippen LogP contribution in [0, 0.1) is 23.1 Å². The second-order valence-corrected chi connectivity index (χ2v) is 10.2. The second kappa shape index (κ2) is 15.2. The van der Waals surface area contributed by atoms with Crippen LogP contribution in [0.2, 0.25) is 0 Å². The maximum Gasteiger partial charge on any atom is 0.293 e. The Morgan fingerprint density at radius 3 is 2.39 bits per heavy atom. The molecule has 2 heterocycles. The van der Waals surface area contributed by atoms with Crippen molar-refractivity contribution >= 4 is 12.2 Å². The summed E-state index contributed by atoms with van der Waals surface area (Å²) in [6.45, 7) is 9.30. The van der Waals surface area contributed by atoms with Gasteiger partial charge in [0, 0.05) is 32.0 Å². The van der Waals surface area contributed by atoms with Crippen molar-refractivity contribution in [3.05, 3.63) is 53.6 Å². The van der Waals surface area contributed by atoms with Gasteiger partial charge >= 0.3 is 0 Å². The van der Waals surface area contributed by atoms with Crippen LogP contribution in [0.3, 0.4) is 0 Å². The Labute approximate surface area is 225 Å². The van der Waals surface area contributed by atoms with Gasteiger partial charge in [-0.3, -0.25) is 4.79 Å². The van der Waals surface area contributed by atoms with Gasteiger partial charge in [0.25, 0.3) is 6.47 Å². The summed E-state index contributed by atoms with van der Waals surface area (Å²) in [5, 5.41) is 9.02. The fourth-order valence-corrected chi connectivity index (χ4v) is 3.74. The molecule has 0 unspecified atom stereocenters.